The number of nitrogens with one attached hydrogen (secondary N) is 1. The van der Waals surface area contributed by atoms with Crippen molar-refractivity contribution in [3.63, 3.8) is 0 Å². The van der Waals surface area contributed by atoms with Crippen LogP contribution in [0.25, 0.3) is 11.1 Å². The maximum absolute atomic E-state index is 13.9. The number of hydrogen-bond donors (Lipinski definition) is 1. The summed E-state index contributed by atoms with van der Waals surface area (Å²) in [5.74, 6) is -0.620. The van der Waals surface area contributed by atoms with Crippen LogP contribution in [-0.4, -0.2) is 15.0 Å². The van der Waals surface area contributed by atoms with Crippen LogP contribution in [0.5, 0.6) is 0 Å². The van der Waals surface area contributed by atoms with Gasteiger partial charge in [0.2, 0.25) is 0 Å². The zero-order valence-corrected chi connectivity index (χ0v) is 9.75. The summed E-state index contributed by atoms with van der Waals surface area (Å²) < 4.78 is 32.9. The van der Waals surface area contributed by atoms with E-state index in [2.05, 4.69) is 15.0 Å². The fourth-order valence-corrected chi connectivity index (χ4v) is 2.13. The van der Waals surface area contributed by atoms with Crippen LogP contribution >= 0.6 is 11.8 Å². The van der Waals surface area contributed by atoms with Crippen molar-refractivity contribution in [2.45, 2.75) is 10.4 Å². The molecule has 1 aromatic carbocycles. The number of imidazole rings is 1. The average Bonchev–Trinajstić information content (AvgIpc) is 2.96. The van der Waals surface area contributed by atoms with Crippen LogP contribution in [0.1, 0.15) is 5.89 Å². The highest BCUT2D eigenvalue weighted by Gasteiger charge is 2.40. The monoisotopic (exact) mass is 267 g/mol. The lowest BCUT2D eigenvalue weighted by molar-refractivity contribution is 0.0733. The van der Waals surface area contributed by atoms with Crippen LogP contribution in [0, 0.1) is 0 Å². The van der Waals surface area contributed by atoms with Crippen molar-refractivity contribution in [3.05, 3.63) is 42.5 Å². The molecule has 0 fully saturated rings. The van der Waals surface area contributed by atoms with Gasteiger partial charge in [-0.05, 0) is 23.9 Å². The zero-order chi connectivity index (χ0) is 12.6. The number of hydrogen-bond acceptors (Lipinski definition) is 4. The number of rotatable bonds is 3. The fourth-order valence-electron chi connectivity index (χ4n) is 1.47. The third kappa shape index (κ3) is 1.97. The summed E-state index contributed by atoms with van der Waals surface area (Å²) in [6.07, 6.45) is 2.88. The molecule has 18 heavy (non-hydrogen) atoms. The van der Waals surface area contributed by atoms with E-state index < -0.39 is 11.1 Å². The molecule has 2 aromatic heterocycles. The van der Waals surface area contributed by atoms with E-state index in [0.29, 0.717) is 11.1 Å². The van der Waals surface area contributed by atoms with E-state index in [9.17, 15) is 8.78 Å². The van der Waals surface area contributed by atoms with Crippen molar-refractivity contribution >= 4 is 22.9 Å². The Morgan fingerprint density at radius 2 is 2.11 bits per heavy atom. The minimum absolute atomic E-state index is 0.113. The van der Waals surface area contributed by atoms with E-state index >= 15 is 0 Å². The summed E-state index contributed by atoms with van der Waals surface area (Å²) in [5, 5.41) is -3.15. The van der Waals surface area contributed by atoms with Gasteiger partial charge in [-0.3, -0.25) is 0 Å². The first-order valence-corrected chi connectivity index (χ1v) is 5.89. The van der Waals surface area contributed by atoms with Gasteiger partial charge in [0.25, 0.3) is 5.89 Å². The predicted molar refractivity (Wildman–Crippen MR) is 62.3 cm³/mol. The van der Waals surface area contributed by atoms with Crippen molar-refractivity contribution in [3.8, 4) is 0 Å². The van der Waals surface area contributed by atoms with Crippen LogP contribution < -0.4 is 0 Å². The van der Waals surface area contributed by atoms with Crippen LogP contribution in [0.3, 0.4) is 0 Å². The summed E-state index contributed by atoms with van der Waals surface area (Å²) in [6.45, 7) is 0. The van der Waals surface area contributed by atoms with Crippen molar-refractivity contribution in [2.24, 2.45) is 0 Å². The first-order valence-electron chi connectivity index (χ1n) is 5.07. The second-order valence-electron chi connectivity index (χ2n) is 3.50. The highest BCUT2D eigenvalue weighted by atomic mass is 32.2. The van der Waals surface area contributed by atoms with Crippen LogP contribution in [0.15, 0.2) is 46.2 Å². The lowest BCUT2D eigenvalue weighted by Crippen LogP contribution is -2.08. The number of thioether (sulfide) groups is 1. The Labute approximate surface area is 104 Å². The Balaban J connectivity index is 1.97. The minimum atomic E-state index is -3.27. The largest absolute Gasteiger partial charge is 0.434 e. The third-order valence-electron chi connectivity index (χ3n) is 2.24. The summed E-state index contributed by atoms with van der Waals surface area (Å²) in [7, 11) is 0. The fraction of sp³-hybridized carbons (Fsp3) is 0.0909. The molecule has 0 spiro atoms. The van der Waals surface area contributed by atoms with Crippen molar-refractivity contribution in [1.29, 1.82) is 0 Å². The van der Waals surface area contributed by atoms with Crippen molar-refractivity contribution < 1.29 is 13.2 Å². The Bertz CT molecular complexity index is 633. The third-order valence-corrected chi connectivity index (χ3v) is 3.09. The molecule has 0 atom stereocenters. The molecule has 4 nitrogen and oxygen atoms in total. The summed E-state index contributed by atoms with van der Waals surface area (Å²) in [6, 6.07) is 6.64. The molecule has 92 valence electrons. The number of H-pyrrole nitrogens is 1. The summed E-state index contributed by atoms with van der Waals surface area (Å²) >= 11 is 0.265. The molecule has 0 radical (unpaired) electrons. The van der Waals surface area contributed by atoms with Gasteiger partial charge in [-0.25, -0.2) is 9.97 Å². The maximum atomic E-state index is 13.9. The molecule has 0 aliphatic rings. The lowest BCUT2D eigenvalue weighted by atomic mass is 10.3. The molecule has 3 rings (SSSR count). The Morgan fingerprint density at radius 3 is 2.83 bits per heavy atom. The number of aromatic amines is 1. The topological polar surface area (TPSA) is 54.7 Å². The van der Waals surface area contributed by atoms with E-state index in [0.717, 1.165) is 0 Å². The Morgan fingerprint density at radius 1 is 1.28 bits per heavy atom. The minimum Gasteiger partial charge on any atom is -0.434 e. The smallest absolute Gasteiger partial charge is 0.375 e. The van der Waals surface area contributed by atoms with Crippen molar-refractivity contribution in [1.82, 2.24) is 15.0 Å². The molecule has 2 heterocycles. The van der Waals surface area contributed by atoms with Gasteiger partial charge in [0.1, 0.15) is 5.52 Å². The number of oxazole rings is 1. The number of aromatic nitrogens is 3. The molecule has 0 amide bonds. The highest BCUT2D eigenvalue weighted by Crippen LogP contribution is 2.43. The zero-order valence-electron chi connectivity index (χ0n) is 8.93. The molecule has 3 aromatic rings. The van der Waals surface area contributed by atoms with E-state index in [1.165, 1.54) is 12.4 Å². The number of nitrogens with zero attached hydrogens (tertiary/aromatic N) is 2. The second kappa shape index (κ2) is 4.09. The summed E-state index contributed by atoms with van der Waals surface area (Å²) in [5.41, 5.74) is 0.749. The number of halogens is 2. The number of alkyl halides is 2. The Hall–Kier alpha value is -1.89. The lowest BCUT2D eigenvalue weighted by Gasteiger charge is -2.08. The summed E-state index contributed by atoms with van der Waals surface area (Å²) in [4.78, 5) is 10.1. The molecule has 1 N–H and O–H groups in total. The van der Waals surface area contributed by atoms with Gasteiger partial charge in [-0.1, -0.05) is 12.1 Å². The van der Waals surface area contributed by atoms with Crippen molar-refractivity contribution in [2.75, 3.05) is 0 Å². The number of para-hydroxylation sites is 2. The van der Waals surface area contributed by atoms with Gasteiger partial charge in [-0.2, -0.15) is 8.78 Å². The molecule has 0 aliphatic carbocycles. The molecular weight excluding hydrogens is 260 g/mol. The molecule has 7 heteroatoms. The standard InChI is InChI=1S/C11H7F2N3OS/c12-11(13,18-10-14-5-6-15-10)9-16-7-3-1-2-4-8(7)17-9/h1-6H,(H,14,15). The van der Waals surface area contributed by atoms with Gasteiger partial charge >= 0.3 is 5.25 Å². The SMILES string of the molecule is FC(F)(Sc1ncc[nH]1)c1nc2ccccc2o1. The maximum Gasteiger partial charge on any atom is 0.375 e. The molecule has 0 saturated heterocycles. The molecule has 0 aliphatic heterocycles. The van der Waals surface area contributed by atoms with Crippen LogP contribution in [-0.2, 0) is 5.25 Å². The molecule has 0 bridgehead atoms. The van der Waals surface area contributed by atoms with E-state index in [4.69, 9.17) is 4.42 Å². The van der Waals surface area contributed by atoms with Crippen LogP contribution in [0.4, 0.5) is 8.78 Å². The Kier molecular flexibility index (Phi) is 2.55. The van der Waals surface area contributed by atoms with Gasteiger partial charge < -0.3 is 9.40 Å². The van der Waals surface area contributed by atoms with E-state index in [1.807, 2.05) is 0 Å². The molecule has 0 saturated carbocycles. The van der Waals surface area contributed by atoms with Gasteiger partial charge in [-0.15, -0.1) is 0 Å². The van der Waals surface area contributed by atoms with E-state index in [1.54, 1.807) is 24.3 Å². The van der Waals surface area contributed by atoms with Gasteiger partial charge in [0, 0.05) is 12.4 Å². The number of fused-ring (bicyclic) bond motifs is 1. The molecule has 0 unspecified atom stereocenters. The average molecular weight is 267 g/mol. The van der Waals surface area contributed by atoms with Gasteiger partial charge in [0.15, 0.2) is 10.7 Å². The van der Waals surface area contributed by atoms with Gasteiger partial charge in [0.05, 0.1) is 0 Å². The molecular formula is C11H7F2N3OS. The quantitative estimate of drug-likeness (QED) is 0.739. The normalized spacial score (nSPS) is 12.1. The van der Waals surface area contributed by atoms with Crippen LogP contribution in [0.2, 0.25) is 0 Å². The highest BCUT2D eigenvalue weighted by molar-refractivity contribution is 7.99. The number of benzene rings is 1. The predicted octanol–water partition coefficient (Wildman–Crippen LogP) is 3.39. The first-order chi connectivity index (χ1) is 8.65. The van der Waals surface area contributed by atoms with E-state index in [-0.39, 0.29) is 16.9 Å². The first kappa shape index (κ1) is 11.2. The second-order valence-corrected chi connectivity index (χ2v) is 4.60.